The highest BCUT2D eigenvalue weighted by Crippen LogP contribution is 2.50. The van der Waals surface area contributed by atoms with Gasteiger partial charge in [-0.3, -0.25) is 4.79 Å². The molecule has 1 N–H and O–H groups in total. The molecule has 0 unspecified atom stereocenters. The molecule has 5 nitrogen and oxygen atoms in total. The molecule has 1 saturated carbocycles. The molecule has 1 aliphatic heterocycles. The summed E-state index contributed by atoms with van der Waals surface area (Å²) in [5.74, 6) is 0.359. The van der Waals surface area contributed by atoms with Crippen LogP contribution in [0.5, 0.6) is 0 Å². The summed E-state index contributed by atoms with van der Waals surface area (Å²) in [6.07, 6.45) is 4.27. The fraction of sp³-hybridized carbons (Fsp3) is 0.438. The Balaban J connectivity index is 1.77. The molecule has 0 radical (unpaired) electrons. The van der Waals surface area contributed by atoms with Gasteiger partial charge in [-0.1, -0.05) is 18.0 Å². The molecule has 22 heavy (non-hydrogen) atoms. The number of carboxylic acids is 1. The molecule has 114 valence electrons. The zero-order valence-corrected chi connectivity index (χ0v) is 12.8. The van der Waals surface area contributed by atoms with Gasteiger partial charge in [-0.05, 0) is 37.0 Å². The minimum Gasteiger partial charge on any atom is -0.481 e. The third-order valence-electron chi connectivity index (χ3n) is 5.17. The van der Waals surface area contributed by atoms with Gasteiger partial charge in [0.2, 0.25) is 0 Å². The Morgan fingerprint density at radius 1 is 1.41 bits per heavy atom. The summed E-state index contributed by atoms with van der Waals surface area (Å²) < 4.78 is 0. The van der Waals surface area contributed by atoms with Crippen LogP contribution in [-0.2, 0) is 4.79 Å². The average Bonchev–Trinajstić information content (AvgIpc) is 3.04. The van der Waals surface area contributed by atoms with Crippen molar-refractivity contribution < 1.29 is 9.90 Å². The van der Waals surface area contributed by atoms with Crippen LogP contribution < -0.4 is 4.90 Å². The molecule has 0 spiro atoms. The molecule has 1 aliphatic carbocycles. The highest BCUT2D eigenvalue weighted by Gasteiger charge is 2.55. The molecule has 2 atom stereocenters. The molecular formula is C16H16ClN3O2. The first-order valence-electron chi connectivity index (χ1n) is 7.49. The molecule has 0 bridgehead atoms. The van der Waals surface area contributed by atoms with E-state index in [9.17, 15) is 9.90 Å². The molecule has 1 aromatic carbocycles. The predicted octanol–water partition coefficient (Wildman–Crippen LogP) is 2.97. The average molecular weight is 318 g/mol. The molecule has 2 aliphatic rings. The van der Waals surface area contributed by atoms with E-state index < -0.39 is 11.4 Å². The van der Waals surface area contributed by atoms with Gasteiger partial charge in [0.05, 0.1) is 10.9 Å². The number of aromatic nitrogens is 2. The fourth-order valence-electron chi connectivity index (χ4n) is 4.07. The van der Waals surface area contributed by atoms with Gasteiger partial charge in [0.1, 0.15) is 12.1 Å². The van der Waals surface area contributed by atoms with Crippen molar-refractivity contribution >= 4 is 34.3 Å². The van der Waals surface area contributed by atoms with Crippen molar-refractivity contribution in [1.29, 1.82) is 0 Å². The van der Waals surface area contributed by atoms with Gasteiger partial charge in [-0.25, -0.2) is 9.97 Å². The second kappa shape index (κ2) is 4.81. The van der Waals surface area contributed by atoms with Crippen LogP contribution in [0.2, 0.25) is 5.02 Å². The zero-order valence-electron chi connectivity index (χ0n) is 12.0. The van der Waals surface area contributed by atoms with Crippen LogP contribution >= 0.6 is 11.6 Å². The second-order valence-corrected chi connectivity index (χ2v) is 6.73. The largest absolute Gasteiger partial charge is 0.481 e. The van der Waals surface area contributed by atoms with E-state index in [2.05, 4.69) is 14.9 Å². The summed E-state index contributed by atoms with van der Waals surface area (Å²) in [7, 11) is 0. The van der Waals surface area contributed by atoms with E-state index in [-0.39, 0.29) is 5.92 Å². The first kappa shape index (κ1) is 13.8. The number of halogens is 1. The standard InChI is InChI=1S/C16H16ClN3O2/c17-11-3-4-12-13(6-11)18-9-19-14(12)20-7-10-2-1-5-16(10,8-20)15(21)22/h3-4,6,9-10H,1-2,5,7-8H2,(H,21,22)/t10-,16+/m0/s1. The summed E-state index contributed by atoms with van der Waals surface area (Å²) in [6, 6.07) is 5.54. The second-order valence-electron chi connectivity index (χ2n) is 6.29. The van der Waals surface area contributed by atoms with Gasteiger partial charge in [0.25, 0.3) is 0 Å². The molecular weight excluding hydrogens is 302 g/mol. The van der Waals surface area contributed by atoms with Crippen LogP contribution in [0, 0.1) is 11.3 Å². The minimum absolute atomic E-state index is 0.210. The lowest BCUT2D eigenvalue weighted by Crippen LogP contribution is -2.35. The van der Waals surface area contributed by atoms with Crippen LogP contribution in [0.25, 0.3) is 10.9 Å². The lowest BCUT2D eigenvalue weighted by atomic mass is 9.81. The van der Waals surface area contributed by atoms with Gasteiger partial charge in [-0.15, -0.1) is 0 Å². The van der Waals surface area contributed by atoms with Gasteiger partial charge in [0, 0.05) is 23.5 Å². The molecule has 2 heterocycles. The van der Waals surface area contributed by atoms with Crippen LogP contribution in [0.15, 0.2) is 24.5 Å². The number of fused-ring (bicyclic) bond motifs is 2. The van der Waals surface area contributed by atoms with Crippen molar-refractivity contribution in [2.24, 2.45) is 11.3 Å². The van der Waals surface area contributed by atoms with Crippen LogP contribution in [0.4, 0.5) is 5.82 Å². The van der Waals surface area contributed by atoms with Gasteiger partial charge in [0.15, 0.2) is 0 Å². The highest BCUT2D eigenvalue weighted by molar-refractivity contribution is 6.31. The maximum Gasteiger partial charge on any atom is 0.311 e. The monoisotopic (exact) mass is 317 g/mol. The number of hydrogen-bond donors (Lipinski definition) is 1. The third kappa shape index (κ3) is 1.88. The van der Waals surface area contributed by atoms with Crippen LogP contribution in [0.3, 0.4) is 0 Å². The Kier molecular flexibility index (Phi) is 3.01. The summed E-state index contributed by atoms with van der Waals surface area (Å²) in [5.41, 5.74) is 0.183. The van der Waals surface area contributed by atoms with Gasteiger partial charge >= 0.3 is 5.97 Å². The molecule has 0 amide bonds. The highest BCUT2D eigenvalue weighted by atomic mass is 35.5. The Morgan fingerprint density at radius 2 is 2.27 bits per heavy atom. The Morgan fingerprint density at radius 3 is 3.05 bits per heavy atom. The van der Waals surface area contributed by atoms with Crippen molar-refractivity contribution in [3.8, 4) is 0 Å². The Bertz CT molecular complexity index is 766. The predicted molar refractivity (Wildman–Crippen MR) is 84.2 cm³/mol. The van der Waals surface area contributed by atoms with E-state index >= 15 is 0 Å². The molecule has 2 fully saturated rings. The van der Waals surface area contributed by atoms with Crippen molar-refractivity contribution in [2.45, 2.75) is 19.3 Å². The van der Waals surface area contributed by atoms with Crippen molar-refractivity contribution in [3.05, 3.63) is 29.5 Å². The molecule has 1 saturated heterocycles. The third-order valence-corrected chi connectivity index (χ3v) is 5.41. The zero-order chi connectivity index (χ0) is 15.3. The van der Waals surface area contributed by atoms with Crippen LogP contribution in [0.1, 0.15) is 19.3 Å². The fourth-order valence-corrected chi connectivity index (χ4v) is 4.23. The quantitative estimate of drug-likeness (QED) is 0.922. The van der Waals surface area contributed by atoms with E-state index in [1.165, 1.54) is 6.33 Å². The number of nitrogens with zero attached hydrogens (tertiary/aromatic N) is 3. The smallest absolute Gasteiger partial charge is 0.311 e. The number of benzene rings is 1. The normalized spacial score (nSPS) is 27.3. The maximum atomic E-state index is 11.8. The van der Waals surface area contributed by atoms with Crippen molar-refractivity contribution in [2.75, 3.05) is 18.0 Å². The van der Waals surface area contributed by atoms with E-state index in [0.717, 1.165) is 42.5 Å². The Hall–Kier alpha value is -1.88. The summed E-state index contributed by atoms with van der Waals surface area (Å²) >= 11 is 6.02. The van der Waals surface area contributed by atoms with E-state index in [0.29, 0.717) is 11.6 Å². The number of carboxylic acid groups (broad SMARTS) is 1. The SMILES string of the molecule is O=C(O)[C@@]12CCC[C@H]1CN(c1ncnc3cc(Cl)ccc13)C2. The number of hydrogen-bond acceptors (Lipinski definition) is 4. The van der Waals surface area contributed by atoms with Crippen LogP contribution in [-0.4, -0.2) is 34.1 Å². The molecule has 6 heteroatoms. The number of anilines is 1. The molecule has 4 rings (SSSR count). The topological polar surface area (TPSA) is 66.3 Å². The lowest BCUT2D eigenvalue weighted by Gasteiger charge is -2.24. The molecule has 2 aromatic rings. The van der Waals surface area contributed by atoms with Crippen molar-refractivity contribution in [3.63, 3.8) is 0 Å². The van der Waals surface area contributed by atoms with Gasteiger partial charge < -0.3 is 10.0 Å². The number of rotatable bonds is 2. The van der Waals surface area contributed by atoms with E-state index in [1.54, 1.807) is 0 Å². The van der Waals surface area contributed by atoms with E-state index in [1.807, 2.05) is 18.2 Å². The first-order valence-corrected chi connectivity index (χ1v) is 7.86. The first-order chi connectivity index (χ1) is 10.6. The van der Waals surface area contributed by atoms with Gasteiger partial charge in [-0.2, -0.15) is 0 Å². The summed E-state index contributed by atoms with van der Waals surface area (Å²) in [6.45, 7) is 1.28. The summed E-state index contributed by atoms with van der Waals surface area (Å²) in [4.78, 5) is 22.6. The molecule has 1 aromatic heterocycles. The van der Waals surface area contributed by atoms with E-state index in [4.69, 9.17) is 11.6 Å². The minimum atomic E-state index is -0.668. The lowest BCUT2D eigenvalue weighted by molar-refractivity contribution is -0.149. The van der Waals surface area contributed by atoms with Crippen molar-refractivity contribution in [1.82, 2.24) is 9.97 Å². The Labute approximate surface area is 132 Å². The number of aliphatic carboxylic acids is 1. The maximum absolute atomic E-state index is 11.8. The number of carbonyl (C=O) groups is 1. The summed E-state index contributed by atoms with van der Waals surface area (Å²) in [5, 5.41) is 11.3.